The van der Waals surface area contributed by atoms with E-state index < -0.39 is 10.8 Å². The Morgan fingerprint density at radius 1 is 1.06 bits per heavy atom. The summed E-state index contributed by atoms with van der Waals surface area (Å²) in [6, 6.07) is 15.0. The van der Waals surface area contributed by atoms with Crippen LogP contribution in [0.5, 0.6) is 0 Å². The van der Waals surface area contributed by atoms with Crippen molar-refractivity contribution in [3.8, 4) is 11.3 Å². The second-order valence-corrected chi connectivity index (χ2v) is 8.50. The van der Waals surface area contributed by atoms with Gasteiger partial charge in [0.15, 0.2) is 10.9 Å². The van der Waals surface area contributed by atoms with Crippen molar-refractivity contribution in [3.05, 3.63) is 80.5 Å². The molecule has 2 aromatic carbocycles. The third-order valence-corrected chi connectivity index (χ3v) is 6.11. The summed E-state index contributed by atoms with van der Waals surface area (Å²) in [5.74, 6) is 0.179. The number of furan rings is 1. The zero-order valence-electron chi connectivity index (χ0n) is 17.2. The van der Waals surface area contributed by atoms with Crippen LogP contribution in [0.25, 0.3) is 11.3 Å². The number of halogens is 2. The molecule has 1 fully saturated rings. The molecular weight excluding hydrogens is 487 g/mol. The Morgan fingerprint density at radius 2 is 1.79 bits per heavy atom. The molecule has 1 aliphatic heterocycles. The van der Waals surface area contributed by atoms with Gasteiger partial charge in [0.05, 0.1) is 9.95 Å². The Balaban J connectivity index is 1.37. The summed E-state index contributed by atoms with van der Waals surface area (Å²) >= 11 is 17.6. The Bertz CT molecular complexity index is 1220. The lowest BCUT2D eigenvalue weighted by molar-refractivity contribution is -0.384. The first kappa shape index (κ1) is 23.0. The first-order chi connectivity index (χ1) is 15.8. The van der Waals surface area contributed by atoms with Crippen LogP contribution in [0.3, 0.4) is 0 Å². The number of rotatable bonds is 4. The van der Waals surface area contributed by atoms with E-state index in [0.29, 0.717) is 47.7 Å². The van der Waals surface area contributed by atoms with Gasteiger partial charge in [0.2, 0.25) is 0 Å². The van der Waals surface area contributed by atoms with Crippen LogP contribution in [-0.2, 0) is 0 Å². The lowest BCUT2D eigenvalue weighted by Crippen LogP contribution is -2.52. The van der Waals surface area contributed by atoms with Crippen molar-refractivity contribution in [2.24, 2.45) is 0 Å². The highest BCUT2D eigenvalue weighted by Gasteiger charge is 2.27. The largest absolute Gasteiger partial charge is 0.451 e. The lowest BCUT2D eigenvalue weighted by Gasteiger charge is -2.37. The molecule has 1 aromatic heterocycles. The molecule has 11 heteroatoms. The number of nitrogens with one attached hydrogen (secondary N) is 1. The van der Waals surface area contributed by atoms with Gasteiger partial charge >= 0.3 is 0 Å². The van der Waals surface area contributed by atoms with E-state index in [4.69, 9.17) is 39.8 Å². The minimum absolute atomic E-state index is 0.0415. The maximum absolute atomic E-state index is 12.6. The van der Waals surface area contributed by atoms with Crippen molar-refractivity contribution in [1.29, 1.82) is 0 Å². The molecule has 0 aliphatic carbocycles. The normalized spacial score (nSPS) is 13.6. The summed E-state index contributed by atoms with van der Waals surface area (Å²) < 4.78 is 5.66. The molecule has 1 aliphatic rings. The number of hydrogen-bond donors (Lipinski definition) is 1. The number of piperazine rings is 1. The van der Waals surface area contributed by atoms with Gasteiger partial charge in [-0.3, -0.25) is 20.2 Å². The van der Waals surface area contributed by atoms with E-state index in [1.807, 2.05) is 15.9 Å². The van der Waals surface area contributed by atoms with Crippen molar-refractivity contribution in [1.82, 2.24) is 10.2 Å². The fourth-order valence-corrected chi connectivity index (χ4v) is 4.35. The lowest BCUT2D eigenvalue weighted by atomic mass is 10.2. The van der Waals surface area contributed by atoms with Crippen LogP contribution in [-0.4, -0.2) is 47.0 Å². The van der Waals surface area contributed by atoms with E-state index in [0.717, 1.165) is 5.56 Å². The molecule has 0 unspecified atom stereocenters. The van der Waals surface area contributed by atoms with E-state index >= 15 is 0 Å². The molecule has 0 radical (unpaired) electrons. The Labute approximate surface area is 204 Å². The second kappa shape index (κ2) is 9.78. The van der Waals surface area contributed by atoms with Gasteiger partial charge in [0, 0.05) is 42.8 Å². The number of nitrogens with zero attached hydrogens (tertiary/aromatic N) is 3. The molecular formula is C22H18Cl2N4O4S. The predicted molar refractivity (Wildman–Crippen MR) is 131 cm³/mol. The number of nitro benzene ring substituents is 1. The summed E-state index contributed by atoms with van der Waals surface area (Å²) in [7, 11) is 0. The maximum atomic E-state index is 12.6. The smallest absolute Gasteiger partial charge is 0.294 e. The van der Waals surface area contributed by atoms with Gasteiger partial charge in [-0.05, 0) is 42.5 Å². The molecule has 170 valence electrons. The summed E-state index contributed by atoms with van der Waals surface area (Å²) in [5.41, 5.74) is 1.11. The molecule has 3 aromatic rings. The number of carbonyl (C=O) groups excluding carboxylic acids is 1. The Hall–Kier alpha value is -3.14. The Morgan fingerprint density at radius 3 is 2.48 bits per heavy atom. The molecule has 33 heavy (non-hydrogen) atoms. The molecule has 1 saturated heterocycles. The van der Waals surface area contributed by atoms with Crippen molar-refractivity contribution in [3.63, 3.8) is 0 Å². The highest BCUT2D eigenvalue weighted by molar-refractivity contribution is 7.80. The molecule has 2 heterocycles. The SMILES string of the molecule is O=C(NC(=S)N1CCN(c2c(Cl)cccc2[N+](=O)[O-])CC1)c1ccc(-c2cccc(Cl)c2)o1. The van der Waals surface area contributed by atoms with Crippen LogP contribution < -0.4 is 10.2 Å². The quantitative estimate of drug-likeness (QED) is 0.303. The minimum Gasteiger partial charge on any atom is -0.451 e. The minimum atomic E-state index is -0.461. The number of anilines is 1. The molecule has 0 spiro atoms. The van der Waals surface area contributed by atoms with Crippen molar-refractivity contribution >= 4 is 57.8 Å². The number of carbonyl (C=O) groups is 1. The molecule has 0 bridgehead atoms. The highest BCUT2D eigenvalue weighted by Crippen LogP contribution is 2.35. The first-order valence-corrected chi connectivity index (χ1v) is 11.1. The zero-order valence-corrected chi connectivity index (χ0v) is 19.5. The number of thiocarbonyl (C=S) groups is 1. The number of benzene rings is 2. The van der Waals surface area contributed by atoms with Crippen LogP contribution in [0.15, 0.2) is 59.0 Å². The van der Waals surface area contributed by atoms with Gasteiger partial charge in [-0.15, -0.1) is 0 Å². The summed E-state index contributed by atoms with van der Waals surface area (Å²) in [6.45, 7) is 1.85. The zero-order chi connectivity index (χ0) is 23.5. The van der Waals surface area contributed by atoms with Crippen molar-refractivity contribution in [2.75, 3.05) is 31.1 Å². The van der Waals surface area contributed by atoms with Gasteiger partial charge in [-0.1, -0.05) is 41.4 Å². The molecule has 8 nitrogen and oxygen atoms in total. The molecule has 0 atom stereocenters. The van der Waals surface area contributed by atoms with Crippen LogP contribution >= 0.6 is 35.4 Å². The Kier molecular flexibility index (Phi) is 6.83. The van der Waals surface area contributed by atoms with Crippen molar-refractivity contribution in [2.45, 2.75) is 0 Å². The van der Waals surface area contributed by atoms with Crippen LogP contribution in [0, 0.1) is 10.1 Å². The van der Waals surface area contributed by atoms with Crippen LogP contribution in [0.4, 0.5) is 11.4 Å². The molecule has 1 N–H and O–H groups in total. The highest BCUT2D eigenvalue weighted by atomic mass is 35.5. The van der Waals surface area contributed by atoms with Crippen LogP contribution in [0.1, 0.15) is 10.6 Å². The topological polar surface area (TPSA) is 91.9 Å². The first-order valence-electron chi connectivity index (χ1n) is 9.97. The third-order valence-electron chi connectivity index (χ3n) is 5.20. The van der Waals surface area contributed by atoms with Gasteiger partial charge < -0.3 is 14.2 Å². The van der Waals surface area contributed by atoms with Gasteiger partial charge in [0.25, 0.3) is 11.6 Å². The van der Waals surface area contributed by atoms with Crippen LogP contribution in [0.2, 0.25) is 10.0 Å². The fourth-order valence-electron chi connectivity index (χ4n) is 3.59. The van der Waals surface area contributed by atoms with Crippen molar-refractivity contribution < 1.29 is 14.1 Å². The fraction of sp³-hybridized carbons (Fsp3) is 0.182. The number of hydrogen-bond acceptors (Lipinski definition) is 6. The van der Waals surface area contributed by atoms with E-state index in [9.17, 15) is 14.9 Å². The monoisotopic (exact) mass is 504 g/mol. The van der Waals surface area contributed by atoms with E-state index in [2.05, 4.69) is 5.32 Å². The summed E-state index contributed by atoms with van der Waals surface area (Å²) in [5, 5.41) is 15.2. The standard InChI is InChI=1S/C22H18Cl2N4O4S/c23-15-4-1-3-14(13-15)18-7-8-19(32-18)21(29)25-22(33)27-11-9-26(10-12-27)20-16(24)5-2-6-17(20)28(30)31/h1-8,13H,9-12H2,(H,25,29,33). The third kappa shape index (κ3) is 5.11. The summed E-state index contributed by atoms with van der Waals surface area (Å²) in [6.07, 6.45) is 0. The number of amides is 1. The second-order valence-electron chi connectivity index (χ2n) is 7.27. The van der Waals surface area contributed by atoms with E-state index in [1.54, 1.807) is 42.5 Å². The predicted octanol–water partition coefficient (Wildman–Crippen LogP) is 5.00. The maximum Gasteiger partial charge on any atom is 0.294 e. The molecule has 4 rings (SSSR count). The number of nitro groups is 1. The van der Waals surface area contributed by atoms with Gasteiger partial charge in [-0.25, -0.2) is 0 Å². The summed E-state index contributed by atoms with van der Waals surface area (Å²) in [4.78, 5) is 27.2. The number of para-hydroxylation sites is 1. The average Bonchev–Trinajstić information content (AvgIpc) is 3.29. The van der Waals surface area contributed by atoms with Gasteiger partial charge in [0.1, 0.15) is 11.4 Å². The van der Waals surface area contributed by atoms with E-state index in [1.165, 1.54) is 6.07 Å². The average molecular weight is 505 g/mol. The van der Waals surface area contributed by atoms with E-state index in [-0.39, 0.29) is 16.6 Å². The molecule has 1 amide bonds. The molecule has 0 saturated carbocycles. The van der Waals surface area contributed by atoms with Gasteiger partial charge in [-0.2, -0.15) is 0 Å².